The van der Waals surface area contributed by atoms with Crippen LogP contribution in [-0.4, -0.2) is 55.6 Å². The molecule has 1 aliphatic heterocycles. The van der Waals surface area contributed by atoms with Gasteiger partial charge in [-0.25, -0.2) is 19.9 Å². The van der Waals surface area contributed by atoms with Gasteiger partial charge in [-0.05, 0) is 36.6 Å². The minimum atomic E-state index is 0.190. The normalized spacial score (nSPS) is 13.9. The summed E-state index contributed by atoms with van der Waals surface area (Å²) in [4.78, 5) is 20.4. The summed E-state index contributed by atoms with van der Waals surface area (Å²) in [6, 6.07) is 27.0. The van der Waals surface area contributed by atoms with Gasteiger partial charge in [0.25, 0.3) is 0 Å². The molecule has 9 nitrogen and oxygen atoms in total. The van der Waals surface area contributed by atoms with Crippen molar-refractivity contribution < 1.29 is 4.74 Å². The van der Waals surface area contributed by atoms with Gasteiger partial charge in [-0.2, -0.15) is 5.26 Å². The van der Waals surface area contributed by atoms with Crippen molar-refractivity contribution in [3.63, 3.8) is 0 Å². The standard InChI is InChI=1S/C33H32N8O/c1-40-32(25-7-4-3-5-8-25)30(39-33(40)31-27(42-2)9-6-17-36-31)24-12-10-23(11-13-24)22-41-19-15-26(16-20-41)37-28-14-18-35-29(21-34)38-28/h3-14,17-18,26H,15-16,19-20,22H2,1-2H3,(H,35,37,38). The molecule has 0 aliphatic carbocycles. The van der Waals surface area contributed by atoms with E-state index >= 15 is 0 Å². The molecule has 0 spiro atoms. The fourth-order valence-corrected chi connectivity index (χ4v) is 5.52. The maximum atomic E-state index is 9.05. The molecule has 4 heterocycles. The molecule has 1 N–H and O–H groups in total. The summed E-state index contributed by atoms with van der Waals surface area (Å²) in [6.07, 6.45) is 5.41. The lowest BCUT2D eigenvalue weighted by molar-refractivity contribution is 0.211. The van der Waals surface area contributed by atoms with Gasteiger partial charge in [0.15, 0.2) is 5.82 Å². The van der Waals surface area contributed by atoms with E-state index < -0.39 is 0 Å². The van der Waals surface area contributed by atoms with Crippen LogP contribution in [0.2, 0.25) is 0 Å². The summed E-state index contributed by atoms with van der Waals surface area (Å²) >= 11 is 0. The number of nitrogens with one attached hydrogen (secondary N) is 1. The highest BCUT2D eigenvalue weighted by Gasteiger charge is 2.23. The fourth-order valence-electron chi connectivity index (χ4n) is 5.52. The Balaban J connectivity index is 1.19. The predicted molar refractivity (Wildman–Crippen MR) is 163 cm³/mol. The van der Waals surface area contributed by atoms with Gasteiger partial charge in [-0.1, -0.05) is 54.6 Å². The van der Waals surface area contributed by atoms with Crippen molar-refractivity contribution in [3.8, 4) is 45.9 Å². The lowest BCUT2D eigenvalue weighted by Crippen LogP contribution is -2.38. The lowest BCUT2D eigenvalue weighted by Gasteiger charge is -2.32. The topological polar surface area (TPSA) is 105 Å². The Kier molecular flexibility index (Phi) is 7.88. The highest BCUT2D eigenvalue weighted by atomic mass is 16.5. The molecule has 0 unspecified atom stereocenters. The van der Waals surface area contributed by atoms with Gasteiger partial charge in [-0.15, -0.1) is 0 Å². The molecule has 0 saturated carbocycles. The number of hydrogen-bond acceptors (Lipinski definition) is 8. The van der Waals surface area contributed by atoms with E-state index in [1.165, 1.54) is 5.56 Å². The Bertz CT molecular complexity index is 1700. The number of imidazole rings is 1. The number of anilines is 1. The Labute approximate surface area is 245 Å². The molecule has 5 aromatic rings. The number of nitriles is 1. The zero-order valence-corrected chi connectivity index (χ0v) is 23.7. The first-order chi connectivity index (χ1) is 20.6. The molecule has 6 rings (SSSR count). The van der Waals surface area contributed by atoms with Crippen molar-refractivity contribution in [2.24, 2.45) is 7.05 Å². The van der Waals surface area contributed by atoms with E-state index in [9.17, 15) is 0 Å². The number of hydrogen-bond donors (Lipinski definition) is 1. The largest absolute Gasteiger partial charge is 0.494 e. The monoisotopic (exact) mass is 556 g/mol. The van der Waals surface area contributed by atoms with Crippen LogP contribution in [-0.2, 0) is 13.6 Å². The molecule has 1 aliphatic rings. The van der Waals surface area contributed by atoms with Crippen LogP contribution in [0.1, 0.15) is 24.2 Å². The van der Waals surface area contributed by atoms with E-state index in [-0.39, 0.29) is 5.82 Å². The lowest BCUT2D eigenvalue weighted by atomic mass is 10.0. The Morgan fingerprint density at radius 2 is 1.67 bits per heavy atom. The van der Waals surface area contributed by atoms with Crippen LogP contribution in [0.5, 0.6) is 5.75 Å². The van der Waals surface area contributed by atoms with Crippen LogP contribution < -0.4 is 10.1 Å². The van der Waals surface area contributed by atoms with Crippen molar-refractivity contribution in [1.82, 2.24) is 29.4 Å². The molecule has 210 valence electrons. The Morgan fingerprint density at radius 1 is 0.881 bits per heavy atom. The molecule has 0 amide bonds. The second-order valence-corrected chi connectivity index (χ2v) is 10.4. The zero-order valence-electron chi connectivity index (χ0n) is 23.7. The average Bonchev–Trinajstić information content (AvgIpc) is 3.39. The third-order valence-electron chi connectivity index (χ3n) is 7.67. The number of benzene rings is 2. The molecule has 0 atom stereocenters. The fraction of sp³-hybridized carbons (Fsp3) is 0.242. The smallest absolute Gasteiger partial charge is 0.234 e. The van der Waals surface area contributed by atoms with Gasteiger partial charge >= 0.3 is 0 Å². The number of piperidine rings is 1. The van der Waals surface area contributed by atoms with E-state index in [1.807, 2.05) is 49.5 Å². The van der Waals surface area contributed by atoms with Crippen molar-refractivity contribution in [3.05, 3.63) is 96.6 Å². The van der Waals surface area contributed by atoms with Crippen molar-refractivity contribution in [2.45, 2.75) is 25.4 Å². The van der Waals surface area contributed by atoms with E-state index in [0.29, 0.717) is 23.3 Å². The van der Waals surface area contributed by atoms with Crippen LogP contribution in [0.15, 0.2) is 85.2 Å². The number of methoxy groups -OCH3 is 1. The highest BCUT2D eigenvalue weighted by molar-refractivity contribution is 5.82. The molecule has 3 aromatic heterocycles. The Hall–Kier alpha value is -5.07. The molecule has 9 heteroatoms. The molecule has 42 heavy (non-hydrogen) atoms. The van der Waals surface area contributed by atoms with Gasteiger partial charge in [-0.3, -0.25) is 4.90 Å². The highest BCUT2D eigenvalue weighted by Crippen LogP contribution is 2.37. The molecule has 1 fully saturated rings. The second-order valence-electron chi connectivity index (χ2n) is 10.4. The van der Waals surface area contributed by atoms with Crippen LogP contribution in [0, 0.1) is 11.3 Å². The summed E-state index contributed by atoms with van der Waals surface area (Å²) in [5, 5.41) is 12.5. The number of aromatic nitrogens is 5. The summed E-state index contributed by atoms with van der Waals surface area (Å²) in [5.41, 5.74) is 6.07. The van der Waals surface area contributed by atoms with Gasteiger partial charge in [0.1, 0.15) is 23.3 Å². The first-order valence-electron chi connectivity index (χ1n) is 14.1. The SMILES string of the molecule is COc1cccnc1-c1nc(-c2ccc(CN3CCC(Nc4ccnc(C#N)n4)CC3)cc2)c(-c2ccccc2)n1C. The summed E-state index contributed by atoms with van der Waals surface area (Å²) in [6.45, 7) is 2.87. The summed E-state index contributed by atoms with van der Waals surface area (Å²) < 4.78 is 7.71. The molecule has 2 aromatic carbocycles. The van der Waals surface area contributed by atoms with Gasteiger partial charge in [0.05, 0.1) is 18.5 Å². The number of likely N-dealkylation sites (tertiary alicyclic amines) is 1. The quantitative estimate of drug-likeness (QED) is 0.265. The third kappa shape index (κ3) is 5.71. The van der Waals surface area contributed by atoms with Crippen molar-refractivity contribution in [1.29, 1.82) is 5.26 Å². The number of pyridine rings is 1. The average molecular weight is 557 g/mol. The summed E-state index contributed by atoms with van der Waals surface area (Å²) in [5.74, 6) is 2.35. The zero-order chi connectivity index (χ0) is 28.9. The van der Waals surface area contributed by atoms with Crippen LogP contribution in [0.4, 0.5) is 5.82 Å². The first kappa shape index (κ1) is 27.1. The van der Waals surface area contributed by atoms with E-state index in [0.717, 1.165) is 60.8 Å². The molecular weight excluding hydrogens is 524 g/mol. The van der Waals surface area contributed by atoms with Gasteiger partial charge in [0.2, 0.25) is 5.82 Å². The molecule has 0 radical (unpaired) electrons. The second kappa shape index (κ2) is 12.2. The van der Waals surface area contributed by atoms with Crippen LogP contribution in [0.3, 0.4) is 0 Å². The first-order valence-corrected chi connectivity index (χ1v) is 14.1. The van der Waals surface area contributed by atoms with Crippen molar-refractivity contribution in [2.75, 3.05) is 25.5 Å². The molecule has 0 bridgehead atoms. The summed E-state index contributed by atoms with van der Waals surface area (Å²) in [7, 11) is 3.69. The van der Waals surface area contributed by atoms with Gasteiger partial charge in [0, 0.05) is 56.2 Å². The minimum absolute atomic E-state index is 0.190. The maximum Gasteiger partial charge on any atom is 0.234 e. The Morgan fingerprint density at radius 3 is 2.40 bits per heavy atom. The third-order valence-corrected chi connectivity index (χ3v) is 7.67. The van der Waals surface area contributed by atoms with E-state index in [2.05, 4.69) is 66.1 Å². The van der Waals surface area contributed by atoms with Gasteiger partial charge < -0.3 is 14.6 Å². The van der Waals surface area contributed by atoms with E-state index in [4.69, 9.17) is 15.0 Å². The number of nitrogens with zero attached hydrogens (tertiary/aromatic N) is 7. The number of ether oxygens (including phenoxy) is 1. The number of rotatable bonds is 8. The van der Waals surface area contributed by atoms with E-state index in [1.54, 1.807) is 19.5 Å². The molecular formula is C33H32N8O. The van der Waals surface area contributed by atoms with Crippen molar-refractivity contribution >= 4 is 5.82 Å². The minimum Gasteiger partial charge on any atom is -0.494 e. The molecule has 1 saturated heterocycles. The predicted octanol–water partition coefficient (Wildman–Crippen LogP) is 5.56. The van der Waals surface area contributed by atoms with Crippen LogP contribution in [0.25, 0.3) is 34.0 Å². The maximum absolute atomic E-state index is 9.05. The van der Waals surface area contributed by atoms with Crippen LogP contribution >= 0.6 is 0 Å².